The third-order valence-corrected chi connectivity index (χ3v) is 2.36. The van der Waals surface area contributed by atoms with Crippen molar-refractivity contribution >= 4 is 5.82 Å². The minimum absolute atomic E-state index is 0.150. The van der Waals surface area contributed by atoms with Crippen LogP contribution in [0.4, 0.5) is 5.82 Å². The molecule has 4 heteroatoms. The third-order valence-electron chi connectivity index (χ3n) is 2.36. The van der Waals surface area contributed by atoms with Gasteiger partial charge in [-0.15, -0.1) is 0 Å². The number of rotatable bonds is 3. The molecule has 18 heavy (non-hydrogen) atoms. The average Bonchev–Trinajstić information content (AvgIpc) is 2.27. The predicted molar refractivity (Wildman–Crippen MR) is 72.4 cm³/mol. The summed E-state index contributed by atoms with van der Waals surface area (Å²) in [6.45, 7) is 5.83. The van der Waals surface area contributed by atoms with Gasteiger partial charge in [-0.25, -0.2) is 9.97 Å². The highest BCUT2D eigenvalue weighted by Crippen LogP contribution is 2.24. The fourth-order valence-corrected chi connectivity index (χ4v) is 1.74. The largest absolute Gasteiger partial charge is 0.491 e. The van der Waals surface area contributed by atoms with E-state index in [1.807, 2.05) is 45.0 Å². The summed E-state index contributed by atoms with van der Waals surface area (Å²) in [6.07, 6.45) is 0.150. The van der Waals surface area contributed by atoms with E-state index in [9.17, 15) is 0 Å². The van der Waals surface area contributed by atoms with Crippen molar-refractivity contribution in [3.8, 4) is 17.0 Å². The maximum Gasteiger partial charge on any atom is 0.128 e. The number of aryl methyl sites for hydroxylation is 1. The molecule has 0 aliphatic carbocycles. The summed E-state index contributed by atoms with van der Waals surface area (Å²) >= 11 is 0. The third kappa shape index (κ3) is 2.97. The number of nitrogens with zero attached hydrogens (tertiary/aromatic N) is 2. The molecule has 0 atom stereocenters. The minimum atomic E-state index is 0.150. The van der Waals surface area contributed by atoms with Crippen LogP contribution in [0.5, 0.6) is 5.75 Å². The lowest BCUT2D eigenvalue weighted by molar-refractivity contribution is 0.242. The van der Waals surface area contributed by atoms with Crippen molar-refractivity contribution in [3.63, 3.8) is 0 Å². The van der Waals surface area contributed by atoms with E-state index in [0.29, 0.717) is 11.6 Å². The molecule has 0 saturated carbocycles. The van der Waals surface area contributed by atoms with Gasteiger partial charge in [-0.2, -0.15) is 0 Å². The van der Waals surface area contributed by atoms with E-state index >= 15 is 0 Å². The Morgan fingerprint density at radius 2 is 1.94 bits per heavy atom. The molecule has 0 spiro atoms. The van der Waals surface area contributed by atoms with Crippen LogP contribution in [0.3, 0.4) is 0 Å². The molecule has 0 bridgehead atoms. The second-order valence-electron chi connectivity index (χ2n) is 4.42. The number of aromatic nitrogens is 2. The van der Waals surface area contributed by atoms with E-state index in [4.69, 9.17) is 10.5 Å². The van der Waals surface area contributed by atoms with Gasteiger partial charge in [0, 0.05) is 11.6 Å². The van der Waals surface area contributed by atoms with Crippen molar-refractivity contribution in [3.05, 3.63) is 36.2 Å². The van der Waals surface area contributed by atoms with Gasteiger partial charge in [0.2, 0.25) is 0 Å². The van der Waals surface area contributed by atoms with Crippen LogP contribution >= 0.6 is 0 Å². The number of hydrogen-bond donors (Lipinski definition) is 1. The summed E-state index contributed by atoms with van der Waals surface area (Å²) in [5.74, 6) is 1.98. The van der Waals surface area contributed by atoms with E-state index in [2.05, 4.69) is 9.97 Å². The lowest BCUT2D eigenvalue weighted by Gasteiger charge is -2.11. The van der Waals surface area contributed by atoms with Crippen LogP contribution in [0.15, 0.2) is 30.3 Å². The number of ether oxygens (including phenoxy) is 1. The first-order valence-electron chi connectivity index (χ1n) is 5.93. The summed E-state index contributed by atoms with van der Waals surface area (Å²) in [4.78, 5) is 8.44. The van der Waals surface area contributed by atoms with Crippen molar-refractivity contribution < 1.29 is 4.74 Å². The monoisotopic (exact) mass is 243 g/mol. The van der Waals surface area contributed by atoms with Gasteiger partial charge < -0.3 is 10.5 Å². The second-order valence-corrected chi connectivity index (χ2v) is 4.42. The average molecular weight is 243 g/mol. The number of anilines is 1. The fourth-order valence-electron chi connectivity index (χ4n) is 1.74. The molecule has 0 aliphatic rings. The van der Waals surface area contributed by atoms with E-state index in [0.717, 1.165) is 17.0 Å². The first kappa shape index (κ1) is 12.4. The molecule has 0 fully saturated rings. The Hall–Kier alpha value is -2.10. The molecule has 0 aliphatic heterocycles. The van der Waals surface area contributed by atoms with Crippen molar-refractivity contribution in [1.82, 2.24) is 9.97 Å². The fraction of sp³-hybridized carbons (Fsp3) is 0.286. The van der Waals surface area contributed by atoms with Gasteiger partial charge in [0.1, 0.15) is 17.4 Å². The van der Waals surface area contributed by atoms with Gasteiger partial charge in [-0.3, -0.25) is 0 Å². The van der Waals surface area contributed by atoms with Crippen LogP contribution in [-0.4, -0.2) is 16.1 Å². The number of hydrogen-bond acceptors (Lipinski definition) is 4. The maximum atomic E-state index is 5.73. The summed E-state index contributed by atoms with van der Waals surface area (Å²) in [6, 6.07) is 9.58. The van der Waals surface area contributed by atoms with Crippen LogP contribution in [0, 0.1) is 6.92 Å². The Bertz CT molecular complexity index is 532. The van der Waals surface area contributed by atoms with Gasteiger partial charge in [-0.05, 0) is 32.9 Å². The lowest BCUT2D eigenvalue weighted by atomic mass is 10.1. The van der Waals surface area contributed by atoms with Gasteiger partial charge in [0.15, 0.2) is 0 Å². The molecule has 2 aromatic rings. The number of nitrogens with two attached hydrogens (primary N) is 1. The molecule has 4 nitrogen and oxygen atoms in total. The van der Waals surface area contributed by atoms with Crippen molar-refractivity contribution in [1.29, 1.82) is 0 Å². The van der Waals surface area contributed by atoms with Crippen molar-refractivity contribution in [2.24, 2.45) is 0 Å². The summed E-state index contributed by atoms with van der Waals surface area (Å²) in [7, 11) is 0. The smallest absolute Gasteiger partial charge is 0.128 e. The first-order chi connectivity index (χ1) is 8.54. The Morgan fingerprint density at radius 1 is 1.17 bits per heavy atom. The SMILES string of the molecule is Cc1nc(N)cc(-c2cccc(OC(C)C)c2)n1. The molecule has 0 radical (unpaired) electrons. The van der Waals surface area contributed by atoms with Crippen LogP contribution in [0.1, 0.15) is 19.7 Å². The highest BCUT2D eigenvalue weighted by molar-refractivity contribution is 5.63. The summed E-state index contributed by atoms with van der Waals surface area (Å²) in [5, 5.41) is 0. The van der Waals surface area contributed by atoms with E-state index in [-0.39, 0.29) is 6.10 Å². The zero-order valence-electron chi connectivity index (χ0n) is 10.8. The van der Waals surface area contributed by atoms with E-state index < -0.39 is 0 Å². The lowest BCUT2D eigenvalue weighted by Crippen LogP contribution is -2.05. The molecule has 0 amide bonds. The van der Waals surface area contributed by atoms with Crippen molar-refractivity contribution in [2.45, 2.75) is 26.9 Å². The molecule has 1 aromatic carbocycles. The summed E-state index contributed by atoms with van der Waals surface area (Å²) < 4.78 is 5.66. The topological polar surface area (TPSA) is 61.0 Å². The molecule has 0 saturated heterocycles. The van der Waals surface area contributed by atoms with Crippen molar-refractivity contribution in [2.75, 3.05) is 5.73 Å². The maximum absolute atomic E-state index is 5.73. The Morgan fingerprint density at radius 3 is 2.61 bits per heavy atom. The van der Waals surface area contributed by atoms with E-state index in [1.54, 1.807) is 6.07 Å². The van der Waals surface area contributed by atoms with Gasteiger partial charge in [0.25, 0.3) is 0 Å². The van der Waals surface area contributed by atoms with Crippen LogP contribution in [0.25, 0.3) is 11.3 Å². The normalized spacial score (nSPS) is 10.7. The highest BCUT2D eigenvalue weighted by atomic mass is 16.5. The second kappa shape index (κ2) is 5.04. The van der Waals surface area contributed by atoms with Gasteiger partial charge in [-0.1, -0.05) is 12.1 Å². The number of benzene rings is 1. The molecule has 2 N–H and O–H groups in total. The zero-order chi connectivity index (χ0) is 13.1. The quantitative estimate of drug-likeness (QED) is 0.900. The van der Waals surface area contributed by atoms with E-state index in [1.165, 1.54) is 0 Å². The van der Waals surface area contributed by atoms with Crippen LogP contribution < -0.4 is 10.5 Å². The minimum Gasteiger partial charge on any atom is -0.491 e. The first-order valence-corrected chi connectivity index (χ1v) is 5.93. The molecule has 0 unspecified atom stereocenters. The summed E-state index contributed by atoms with van der Waals surface area (Å²) in [5.41, 5.74) is 7.52. The molecular weight excluding hydrogens is 226 g/mol. The molecule has 1 aromatic heterocycles. The Balaban J connectivity index is 2.38. The zero-order valence-corrected chi connectivity index (χ0v) is 10.8. The standard InChI is InChI=1S/C14H17N3O/c1-9(2)18-12-6-4-5-11(7-12)13-8-14(15)17-10(3)16-13/h4-9H,1-3H3,(H2,15,16,17). The predicted octanol–water partition coefficient (Wildman–Crippen LogP) is 2.82. The van der Waals surface area contributed by atoms with Crippen LogP contribution in [0.2, 0.25) is 0 Å². The highest BCUT2D eigenvalue weighted by Gasteiger charge is 2.05. The molecular formula is C14H17N3O. The Kier molecular flexibility index (Phi) is 3.46. The molecule has 1 heterocycles. The Labute approximate surface area is 107 Å². The van der Waals surface area contributed by atoms with Gasteiger partial charge in [0.05, 0.1) is 11.8 Å². The number of nitrogen functional groups attached to an aromatic ring is 1. The molecule has 2 rings (SSSR count). The van der Waals surface area contributed by atoms with Crippen LogP contribution in [-0.2, 0) is 0 Å². The van der Waals surface area contributed by atoms with Gasteiger partial charge >= 0.3 is 0 Å². The molecule has 94 valence electrons.